The van der Waals surface area contributed by atoms with Gasteiger partial charge in [-0.25, -0.2) is 26.9 Å². The van der Waals surface area contributed by atoms with E-state index in [-0.39, 0.29) is 29.0 Å². The van der Waals surface area contributed by atoms with E-state index in [9.17, 15) is 22.7 Å². The van der Waals surface area contributed by atoms with Crippen molar-refractivity contribution in [3.05, 3.63) is 62.5 Å². The number of nitrogens with one attached hydrogen (secondary N) is 1. The third kappa shape index (κ3) is 5.12. The van der Waals surface area contributed by atoms with E-state index in [1.54, 1.807) is 6.20 Å². The Morgan fingerprint density at radius 1 is 1.32 bits per heavy atom. The Kier molecular flexibility index (Phi) is 7.88. The van der Waals surface area contributed by atoms with Gasteiger partial charge < -0.3 is 15.2 Å². The number of aliphatic hydroxyl groups excluding tert-OH is 1. The van der Waals surface area contributed by atoms with Crippen LogP contribution in [-0.2, 0) is 19.6 Å². The first-order valence-corrected chi connectivity index (χ1v) is 15.1. The van der Waals surface area contributed by atoms with Gasteiger partial charge in [0.25, 0.3) is 0 Å². The number of thiazole rings is 1. The van der Waals surface area contributed by atoms with Crippen molar-refractivity contribution in [2.75, 3.05) is 26.8 Å². The van der Waals surface area contributed by atoms with Crippen LogP contribution in [0.1, 0.15) is 42.3 Å². The first kappa shape index (κ1) is 27.2. The number of rotatable bonds is 7. The number of nitrogens with zero attached hydrogens (tertiary/aromatic N) is 3. The molecular weight excluding hydrogens is 555 g/mol. The molecule has 1 saturated heterocycles. The fourth-order valence-corrected chi connectivity index (χ4v) is 8.33. The maximum Gasteiger partial charge on any atom is 0.338 e. The summed E-state index contributed by atoms with van der Waals surface area (Å²) in [7, 11) is -2.18. The maximum absolute atomic E-state index is 13.9. The van der Waals surface area contributed by atoms with Gasteiger partial charge in [0.2, 0.25) is 10.0 Å². The van der Waals surface area contributed by atoms with Crippen LogP contribution in [0.5, 0.6) is 0 Å². The van der Waals surface area contributed by atoms with Gasteiger partial charge in [0.1, 0.15) is 11.9 Å². The number of ether oxygens (including phenoxy) is 1. The average molecular weight is 583 g/mol. The topological polar surface area (TPSA) is 121 Å². The summed E-state index contributed by atoms with van der Waals surface area (Å²) in [5.74, 6) is -0.794. The van der Waals surface area contributed by atoms with Crippen molar-refractivity contribution >= 4 is 44.8 Å². The molecule has 2 fully saturated rings. The lowest BCUT2D eigenvalue weighted by Crippen LogP contribution is -2.49. The first-order chi connectivity index (χ1) is 18.2. The molecule has 1 atom stereocenters. The number of aromatic nitrogens is 1. The Morgan fingerprint density at radius 2 is 2.05 bits per heavy atom. The molecule has 2 aliphatic heterocycles. The van der Waals surface area contributed by atoms with Crippen LogP contribution in [0.2, 0.25) is 5.02 Å². The van der Waals surface area contributed by atoms with E-state index in [0.717, 1.165) is 0 Å². The van der Waals surface area contributed by atoms with E-state index in [1.807, 2.05) is 5.38 Å². The Bertz CT molecular complexity index is 1370. The van der Waals surface area contributed by atoms with E-state index in [2.05, 4.69) is 10.3 Å². The molecule has 204 valence electrons. The Balaban J connectivity index is 1.47. The normalized spacial score (nSPS) is 24.9. The van der Waals surface area contributed by atoms with E-state index >= 15 is 0 Å². The number of hydrogen-bond donors (Lipinski definition) is 2. The predicted molar refractivity (Wildman–Crippen MR) is 142 cm³/mol. The second-order valence-electron chi connectivity index (χ2n) is 9.69. The van der Waals surface area contributed by atoms with Crippen LogP contribution in [0.25, 0.3) is 0 Å². The van der Waals surface area contributed by atoms with Gasteiger partial charge in [-0.05, 0) is 43.7 Å². The molecule has 3 heterocycles. The van der Waals surface area contributed by atoms with Crippen LogP contribution in [0, 0.1) is 17.7 Å². The van der Waals surface area contributed by atoms with Gasteiger partial charge in [-0.1, -0.05) is 17.7 Å². The summed E-state index contributed by atoms with van der Waals surface area (Å²) in [5, 5.41) is 14.7. The minimum absolute atomic E-state index is 0.00639. The van der Waals surface area contributed by atoms with Gasteiger partial charge in [0.15, 0.2) is 10.8 Å². The highest BCUT2D eigenvalue weighted by Gasteiger charge is 2.44. The van der Waals surface area contributed by atoms with Crippen molar-refractivity contribution in [1.82, 2.24) is 14.6 Å². The van der Waals surface area contributed by atoms with Gasteiger partial charge in [-0.3, -0.25) is 4.99 Å². The van der Waals surface area contributed by atoms with Crippen molar-refractivity contribution < 1.29 is 27.4 Å². The molecule has 38 heavy (non-hydrogen) atoms. The largest absolute Gasteiger partial charge is 0.466 e. The minimum atomic E-state index is -3.46. The Morgan fingerprint density at radius 3 is 2.66 bits per heavy atom. The zero-order chi connectivity index (χ0) is 27.0. The van der Waals surface area contributed by atoms with Crippen molar-refractivity contribution in [3.63, 3.8) is 0 Å². The van der Waals surface area contributed by atoms with Crippen molar-refractivity contribution in [2.45, 2.75) is 37.0 Å². The number of carbonyl (C=O) groups is 1. The molecular formula is C25H28ClFN4O5S2. The average Bonchev–Trinajstić information content (AvgIpc) is 3.42. The van der Waals surface area contributed by atoms with Crippen molar-refractivity contribution in [2.24, 2.45) is 16.8 Å². The Hall–Kier alpha value is -2.38. The van der Waals surface area contributed by atoms with Crippen LogP contribution >= 0.6 is 22.9 Å². The molecule has 1 aliphatic carbocycles. The van der Waals surface area contributed by atoms with Crippen LogP contribution < -0.4 is 5.32 Å². The number of esters is 1. The number of methoxy groups -OCH3 is 1. The summed E-state index contributed by atoms with van der Waals surface area (Å²) in [6.07, 6.45) is 3.56. The van der Waals surface area contributed by atoms with Gasteiger partial charge in [0.05, 0.1) is 17.9 Å². The van der Waals surface area contributed by atoms with Gasteiger partial charge in [-0.2, -0.15) is 0 Å². The molecule has 1 saturated carbocycles. The first-order valence-electron chi connectivity index (χ1n) is 12.3. The third-order valence-corrected chi connectivity index (χ3v) is 10.9. The summed E-state index contributed by atoms with van der Waals surface area (Å²) in [5.41, 5.74) is 1.29. The molecule has 1 aromatic heterocycles. The Labute approximate surface area is 229 Å². The molecule has 2 aromatic rings. The molecule has 5 rings (SSSR count). The molecule has 13 heteroatoms. The summed E-state index contributed by atoms with van der Waals surface area (Å²) in [6, 6.07) is 3.08. The van der Waals surface area contributed by atoms with Crippen molar-refractivity contribution in [1.29, 1.82) is 0 Å². The molecule has 1 unspecified atom stereocenters. The number of aliphatic imine (C=N–C) groups is 1. The number of allylic oxidation sites excluding steroid dienone is 1. The summed E-state index contributed by atoms with van der Waals surface area (Å²) < 4.78 is 46.7. The van der Waals surface area contributed by atoms with E-state index in [1.165, 1.54) is 41.0 Å². The molecule has 3 aliphatic rings. The molecule has 1 aromatic carbocycles. The highest BCUT2D eigenvalue weighted by Crippen LogP contribution is 2.41. The summed E-state index contributed by atoms with van der Waals surface area (Å²) >= 11 is 7.79. The quantitative estimate of drug-likeness (QED) is 0.481. The summed E-state index contributed by atoms with van der Waals surface area (Å²) in [6.45, 7) is 0.615. The number of benzene rings is 1. The third-order valence-electron chi connectivity index (χ3n) is 7.47. The van der Waals surface area contributed by atoms with Crippen LogP contribution in [-0.4, -0.2) is 66.7 Å². The number of piperidine rings is 1. The monoisotopic (exact) mass is 582 g/mol. The number of amidine groups is 1. The van der Waals surface area contributed by atoms with Gasteiger partial charge in [0, 0.05) is 53.5 Å². The lowest BCUT2D eigenvalue weighted by molar-refractivity contribution is -0.136. The lowest BCUT2D eigenvalue weighted by atomic mass is 9.86. The second-order valence-corrected chi connectivity index (χ2v) is 13.2. The maximum atomic E-state index is 13.9. The molecule has 0 amide bonds. The van der Waals surface area contributed by atoms with Crippen LogP contribution in [0.15, 0.2) is 46.0 Å². The van der Waals surface area contributed by atoms with Gasteiger partial charge >= 0.3 is 5.97 Å². The second kappa shape index (κ2) is 11.0. The van der Waals surface area contributed by atoms with E-state index in [4.69, 9.17) is 21.3 Å². The van der Waals surface area contributed by atoms with E-state index < -0.39 is 33.1 Å². The smallest absolute Gasteiger partial charge is 0.338 e. The van der Waals surface area contributed by atoms with Crippen LogP contribution in [0.4, 0.5) is 4.39 Å². The number of carbonyl (C=O) groups excluding carboxylic acids is 1. The fourth-order valence-electron chi connectivity index (χ4n) is 5.30. The number of halogens is 2. The van der Waals surface area contributed by atoms with Crippen molar-refractivity contribution in [3.8, 4) is 0 Å². The highest BCUT2D eigenvalue weighted by atomic mass is 35.5. The molecule has 0 bridgehead atoms. The predicted octanol–water partition coefficient (Wildman–Crippen LogP) is 3.27. The molecule has 9 nitrogen and oxygen atoms in total. The fraction of sp³-hybridized carbons (Fsp3) is 0.480. The zero-order valence-corrected chi connectivity index (χ0v) is 23.0. The molecule has 2 N–H and O–H groups in total. The van der Waals surface area contributed by atoms with Crippen LogP contribution in [0.3, 0.4) is 0 Å². The SMILES string of the molecule is COC(=O)C1=C(C2CCN(S(=O)(=O)[C@H]3C[C@H](CO)C3)CC2)NC(c2nccs2)=NC1c1ccc(F)cc1Cl. The highest BCUT2D eigenvalue weighted by molar-refractivity contribution is 7.89. The number of hydrogen-bond acceptors (Lipinski definition) is 9. The zero-order valence-electron chi connectivity index (χ0n) is 20.6. The number of sulfonamides is 1. The number of aliphatic hydroxyl groups is 1. The lowest BCUT2D eigenvalue weighted by Gasteiger charge is -2.40. The minimum Gasteiger partial charge on any atom is -0.466 e. The summed E-state index contributed by atoms with van der Waals surface area (Å²) in [4.78, 5) is 22.3. The van der Waals surface area contributed by atoms with E-state index in [0.29, 0.717) is 60.9 Å². The standard InChI is InChI=1S/C25H28ClFN4O5S2/c1-36-25(33)20-21(15-4-7-31(8-5-15)38(34,35)17-10-14(11-17)13-32)29-23(24-28-6-9-37-24)30-22(20)18-3-2-16(27)12-19(18)26/h2-3,6,9,12,14-15,17,22,32H,4-5,7-8,10-11,13H2,1H3,(H,29,30)/t14-,17-,22?. The molecule has 0 radical (unpaired) electrons. The van der Waals surface area contributed by atoms with Gasteiger partial charge in [-0.15, -0.1) is 11.3 Å². The molecule has 0 spiro atoms.